The first kappa shape index (κ1) is 20.0. The van der Waals surface area contributed by atoms with Gasteiger partial charge in [0.1, 0.15) is 16.9 Å². The van der Waals surface area contributed by atoms with Crippen molar-refractivity contribution in [3.8, 4) is 17.3 Å². The summed E-state index contributed by atoms with van der Waals surface area (Å²) in [5, 5.41) is 15.0. The molecule has 142 valence electrons. The molecular weight excluding hydrogens is 395 g/mol. The van der Waals surface area contributed by atoms with E-state index in [2.05, 4.69) is 21.4 Å². The fraction of sp³-hybridized carbons (Fsp3) is 0.200. The lowest BCUT2D eigenvalue weighted by molar-refractivity contribution is -0.115. The number of nitrogens with zero attached hydrogens (tertiary/aromatic N) is 3. The standard InChI is InChI=1S/C20H17FN4OS2/c1-12-9-13(2)23-19(16(12)10-22)27-8-7-18(26)25-20-24-17(11-28-20)14-3-5-15(21)6-4-14/h3-6,9,11H,7-8H2,1-2H3,(H,24,25,26). The monoisotopic (exact) mass is 412 g/mol. The van der Waals surface area contributed by atoms with Crippen molar-refractivity contribution in [3.05, 3.63) is 58.3 Å². The van der Waals surface area contributed by atoms with E-state index in [4.69, 9.17) is 0 Å². The number of carbonyl (C=O) groups excluding carboxylic acids is 1. The van der Waals surface area contributed by atoms with E-state index in [-0.39, 0.29) is 18.1 Å². The van der Waals surface area contributed by atoms with E-state index in [9.17, 15) is 14.4 Å². The van der Waals surface area contributed by atoms with Gasteiger partial charge in [0.25, 0.3) is 0 Å². The summed E-state index contributed by atoms with van der Waals surface area (Å²) in [6, 6.07) is 10.1. The molecule has 2 aromatic heterocycles. The van der Waals surface area contributed by atoms with Crippen molar-refractivity contribution >= 4 is 34.1 Å². The van der Waals surface area contributed by atoms with Crippen LogP contribution in [0.2, 0.25) is 0 Å². The third-order valence-corrected chi connectivity index (χ3v) is 5.62. The maximum absolute atomic E-state index is 13.0. The fourth-order valence-electron chi connectivity index (χ4n) is 2.55. The molecule has 0 radical (unpaired) electrons. The second kappa shape index (κ2) is 8.95. The molecule has 8 heteroatoms. The highest BCUT2D eigenvalue weighted by Crippen LogP contribution is 2.26. The molecule has 0 unspecified atom stereocenters. The summed E-state index contributed by atoms with van der Waals surface area (Å²) in [7, 11) is 0. The number of nitrogens with one attached hydrogen (secondary N) is 1. The van der Waals surface area contributed by atoms with Gasteiger partial charge in [-0.3, -0.25) is 4.79 Å². The highest BCUT2D eigenvalue weighted by Gasteiger charge is 2.12. The van der Waals surface area contributed by atoms with Crippen LogP contribution in [0.4, 0.5) is 9.52 Å². The molecular formula is C20H17FN4OS2. The van der Waals surface area contributed by atoms with E-state index in [0.717, 1.165) is 16.8 Å². The van der Waals surface area contributed by atoms with Gasteiger partial charge in [-0.05, 0) is 49.7 Å². The highest BCUT2D eigenvalue weighted by molar-refractivity contribution is 7.99. The summed E-state index contributed by atoms with van der Waals surface area (Å²) in [5.74, 6) is 0.0466. The minimum atomic E-state index is -0.303. The number of thiazole rings is 1. The summed E-state index contributed by atoms with van der Waals surface area (Å²) in [6.07, 6.45) is 0.273. The number of rotatable bonds is 6. The van der Waals surface area contributed by atoms with E-state index in [1.165, 1.54) is 35.2 Å². The normalized spacial score (nSPS) is 10.5. The number of amides is 1. The molecule has 28 heavy (non-hydrogen) atoms. The number of hydrogen-bond acceptors (Lipinski definition) is 6. The highest BCUT2D eigenvalue weighted by atomic mass is 32.2. The average Bonchev–Trinajstić information content (AvgIpc) is 3.10. The minimum absolute atomic E-state index is 0.157. The first-order valence-electron chi connectivity index (χ1n) is 8.48. The van der Waals surface area contributed by atoms with Crippen LogP contribution < -0.4 is 5.32 Å². The zero-order chi connectivity index (χ0) is 20.1. The maximum atomic E-state index is 13.0. The number of hydrogen-bond donors (Lipinski definition) is 1. The maximum Gasteiger partial charge on any atom is 0.226 e. The van der Waals surface area contributed by atoms with Crippen molar-refractivity contribution in [1.82, 2.24) is 9.97 Å². The Balaban J connectivity index is 1.56. The summed E-state index contributed by atoms with van der Waals surface area (Å²) < 4.78 is 13.0. The third-order valence-electron chi connectivity index (χ3n) is 3.88. The number of anilines is 1. The van der Waals surface area contributed by atoms with Crippen LogP contribution in [0.5, 0.6) is 0 Å². The predicted octanol–water partition coefficient (Wildman–Crippen LogP) is 4.95. The molecule has 0 aliphatic heterocycles. The van der Waals surface area contributed by atoms with E-state index >= 15 is 0 Å². The largest absolute Gasteiger partial charge is 0.302 e. The van der Waals surface area contributed by atoms with Crippen LogP contribution in [-0.4, -0.2) is 21.6 Å². The van der Waals surface area contributed by atoms with Gasteiger partial charge in [-0.15, -0.1) is 23.1 Å². The van der Waals surface area contributed by atoms with Gasteiger partial charge in [-0.2, -0.15) is 5.26 Å². The molecule has 0 saturated carbocycles. The van der Waals surface area contributed by atoms with Gasteiger partial charge in [-0.25, -0.2) is 14.4 Å². The zero-order valence-electron chi connectivity index (χ0n) is 15.3. The molecule has 1 aromatic carbocycles. The Morgan fingerprint density at radius 3 is 2.75 bits per heavy atom. The molecule has 0 aliphatic carbocycles. The number of thioether (sulfide) groups is 1. The molecule has 0 spiro atoms. The number of benzene rings is 1. The smallest absolute Gasteiger partial charge is 0.226 e. The topological polar surface area (TPSA) is 78.7 Å². The fourth-order valence-corrected chi connectivity index (χ4v) is 4.33. The molecule has 0 bridgehead atoms. The Kier molecular flexibility index (Phi) is 6.39. The Morgan fingerprint density at radius 2 is 2.04 bits per heavy atom. The number of aryl methyl sites for hydroxylation is 2. The van der Waals surface area contributed by atoms with Crippen LogP contribution in [-0.2, 0) is 4.79 Å². The first-order valence-corrected chi connectivity index (χ1v) is 10.3. The zero-order valence-corrected chi connectivity index (χ0v) is 17.0. The van der Waals surface area contributed by atoms with Gasteiger partial charge >= 0.3 is 0 Å². The van der Waals surface area contributed by atoms with E-state index in [1.54, 1.807) is 12.1 Å². The van der Waals surface area contributed by atoms with Crippen molar-refractivity contribution in [1.29, 1.82) is 5.26 Å². The van der Waals surface area contributed by atoms with Crippen molar-refractivity contribution in [3.63, 3.8) is 0 Å². The van der Waals surface area contributed by atoms with Gasteiger partial charge in [-0.1, -0.05) is 0 Å². The Labute approximate surface area is 170 Å². The van der Waals surface area contributed by atoms with Gasteiger partial charge in [0.2, 0.25) is 5.91 Å². The van der Waals surface area contributed by atoms with Crippen molar-refractivity contribution in [2.75, 3.05) is 11.1 Å². The summed E-state index contributed by atoms with van der Waals surface area (Å²) in [4.78, 5) is 21.0. The number of nitriles is 1. The van der Waals surface area contributed by atoms with Gasteiger partial charge in [0.05, 0.1) is 11.3 Å². The third kappa shape index (κ3) is 4.94. The number of halogens is 1. The van der Waals surface area contributed by atoms with Crippen molar-refractivity contribution in [2.24, 2.45) is 0 Å². The molecule has 0 fully saturated rings. The molecule has 2 heterocycles. The van der Waals surface area contributed by atoms with Crippen molar-refractivity contribution in [2.45, 2.75) is 25.3 Å². The summed E-state index contributed by atoms with van der Waals surface area (Å²) >= 11 is 2.71. The van der Waals surface area contributed by atoms with Crippen LogP contribution in [0.25, 0.3) is 11.3 Å². The lowest BCUT2D eigenvalue weighted by Crippen LogP contribution is -2.12. The van der Waals surface area contributed by atoms with Gasteiger partial charge in [0, 0.05) is 28.8 Å². The quantitative estimate of drug-likeness (QED) is 0.579. The van der Waals surface area contributed by atoms with Crippen LogP contribution in [0.3, 0.4) is 0 Å². The molecule has 0 saturated heterocycles. The van der Waals surface area contributed by atoms with E-state index in [0.29, 0.717) is 27.2 Å². The van der Waals surface area contributed by atoms with Crippen LogP contribution >= 0.6 is 23.1 Å². The molecule has 0 aliphatic rings. The van der Waals surface area contributed by atoms with Crippen molar-refractivity contribution < 1.29 is 9.18 Å². The molecule has 0 atom stereocenters. The number of carbonyl (C=O) groups is 1. The van der Waals surface area contributed by atoms with Crippen LogP contribution in [0, 0.1) is 31.0 Å². The second-order valence-corrected chi connectivity index (χ2v) is 8.01. The lowest BCUT2D eigenvalue weighted by atomic mass is 10.1. The first-order chi connectivity index (χ1) is 13.5. The molecule has 5 nitrogen and oxygen atoms in total. The van der Waals surface area contributed by atoms with E-state index in [1.807, 2.05) is 25.3 Å². The molecule has 3 aromatic rings. The lowest BCUT2D eigenvalue weighted by Gasteiger charge is -2.07. The minimum Gasteiger partial charge on any atom is -0.302 e. The Morgan fingerprint density at radius 1 is 1.29 bits per heavy atom. The van der Waals surface area contributed by atoms with Gasteiger partial charge in [0.15, 0.2) is 5.13 Å². The molecule has 3 rings (SSSR count). The van der Waals surface area contributed by atoms with Gasteiger partial charge < -0.3 is 5.32 Å². The second-order valence-electron chi connectivity index (χ2n) is 6.06. The summed E-state index contributed by atoms with van der Waals surface area (Å²) in [5.41, 5.74) is 3.77. The van der Waals surface area contributed by atoms with E-state index < -0.39 is 0 Å². The van der Waals surface area contributed by atoms with Crippen LogP contribution in [0.1, 0.15) is 23.2 Å². The Hall–Kier alpha value is -2.76. The molecule has 1 amide bonds. The Bertz CT molecular complexity index is 1040. The average molecular weight is 413 g/mol. The predicted molar refractivity (Wildman–Crippen MR) is 110 cm³/mol. The SMILES string of the molecule is Cc1cc(C)c(C#N)c(SCCC(=O)Nc2nc(-c3ccc(F)cc3)cs2)n1. The van der Waals surface area contributed by atoms with Crippen LogP contribution in [0.15, 0.2) is 40.7 Å². The molecule has 1 N–H and O–H groups in total. The number of aromatic nitrogens is 2. The number of pyridine rings is 1. The summed E-state index contributed by atoms with van der Waals surface area (Å²) in [6.45, 7) is 3.76.